The molecule has 2 aliphatic carbocycles. The van der Waals surface area contributed by atoms with Crippen LogP contribution in [0.5, 0.6) is 0 Å². The molecule has 1 aromatic carbocycles. The molecule has 2 aliphatic rings. The van der Waals surface area contributed by atoms with Crippen LogP contribution < -0.4 is 0 Å². The van der Waals surface area contributed by atoms with Gasteiger partial charge < -0.3 is 0 Å². The van der Waals surface area contributed by atoms with Gasteiger partial charge in [0.15, 0.2) is 5.83 Å². The van der Waals surface area contributed by atoms with Crippen molar-refractivity contribution in [2.75, 3.05) is 0 Å². The van der Waals surface area contributed by atoms with Crippen LogP contribution in [0, 0.1) is 34.9 Å². The lowest BCUT2D eigenvalue weighted by Crippen LogP contribution is -2.15. The third kappa shape index (κ3) is 8.53. The van der Waals surface area contributed by atoms with Crippen molar-refractivity contribution in [1.82, 2.24) is 0 Å². The Kier molecular flexibility index (Phi) is 10.5. The van der Waals surface area contributed by atoms with E-state index in [1.807, 2.05) is 18.2 Å². The Bertz CT molecular complexity index is 757. The summed E-state index contributed by atoms with van der Waals surface area (Å²) >= 11 is 0. The molecule has 0 aromatic heterocycles. The van der Waals surface area contributed by atoms with Crippen LogP contribution in [0.4, 0.5) is 8.78 Å². The fourth-order valence-electron chi connectivity index (χ4n) is 5.81. The van der Waals surface area contributed by atoms with Gasteiger partial charge >= 0.3 is 0 Å². The molecule has 0 radical (unpaired) electrons. The highest BCUT2D eigenvalue weighted by atomic mass is 19.1. The number of hydrogen-bond donors (Lipinski definition) is 0. The SMILES string of the molecule is N#C/C(F)=C/C=C/CC[C@H]1CC[C@H](CCCC[C@H]2CC[C@H](c3ccc(F)cc3)CC2)CC1. The number of nitriles is 1. The van der Waals surface area contributed by atoms with Crippen molar-refractivity contribution in [3.05, 3.63) is 59.7 Å². The van der Waals surface area contributed by atoms with E-state index >= 15 is 0 Å². The molecule has 0 aliphatic heterocycles. The van der Waals surface area contributed by atoms with E-state index in [0.717, 1.165) is 24.2 Å². The molecule has 32 heavy (non-hydrogen) atoms. The Morgan fingerprint density at radius 2 is 1.38 bits per heavy atom. The van der Waals surface area contributed by atoms with Crippen molar-refractivity contribution < 1.29 is 8.78 Å². The number of hydrogen-bond acceptors (Lipinski definition) is 1. The second-order valence-corrected chi connectivity index (χ2v) is 10.1. The van der Waals surface area contributed by atoms with Crippen molar-refractivity contribution >= 4 is 0 Å². The van der Waals surface area contributed by atoms with E-state index in [4.69, 9.17) is 5.26 Å². The van der Waals surface area contributed by atoms with Gasteiger partial charge in [0.2, 0.25) is 0 Å². The summed E-state index contributed by atoms with van der Waals surface area (Å²) in [5, 5.41) is 8.38. The first kappa shape index (κ1) is 24.7. The Balaban J connectivity index is 1.21. The minimum atomic E-state index is -0.723. The van der Waals surface area contributed by atoms with Crippen molar-refractivity contribution in [1.29, 1.82) is 5.26 Å². The number of nitrogens with zero attached hydrogens (tertiary/aromatic N) is 1. The van der Waals surface area contributed by atoms with Crippen LogP contribution in [0.25, 0.3) is 0 Å². The maximum atomic E-state index is 13.1. The summed E-state index contributed by atoms with van der Waals surface area (Å²) < 4.78 is 25.8. The van der Waals surface area contributed by atoms with Crippen molar-refractivity contribution in [2.45, 2.75) is 95.8 Å². The van der Waals surface area contributed by atoms with Crippen LogP contribution in [-0.4, -0.2) is 0 Å². The monoisotopic (exact) mass is 439 g/mol. The third-order valence-corrected chi connectivity index (χ3v) is 7.86. The smallest absolute Gasteiger partial charge is 0.199 e. The maximum absolute atomic E-state index is 13.1. The first-order valence-corrected chi connectivity index (χ1v) is 12.8. The normalized spacial score (nSPS) is 26.8. The Labute approximate surface area is 193 Å². The molecule has 0 unspecified atom stereocenters. The molecular weight excluding hydrogens is 400 g/mol. The van der Waals surface area contributed by atoms with Gasteiger partial charge in [0.1, 0.15) is 11.9 Å². The van der Waals surface area contributed by atoms with Crippen LogP contribution in [0.15, 0.2) is 48.3 Å². The van der Waals surface area contributed by atoms with Crippen LogP contribution in [0.3, 0.4) is 0 Å². The van der Waals surface area contributed by atoms with Gasteiger partial charge in [0, 0.05) is 0 Å². The molecule has 0 amide bonds. The van der Waals surface area contributed by atoms with Gasteiger partial charge in [0.05, 0.1) is 0 Å². The Hall–Kier alpha value is -1.95. The molecule has 1 aromatic rings. The van der Waals surface area contributed by atoms with Crippen molar-refractivity contribution in [3.63, 3.8) is 0 Å². The minimum Gasteiger partial charge on any atom is -0.207 e. The van der Waals surface area contributed by atoms with Crippen LogP contribution in [0.2, 0.25) is 0 Å². The predicted octanol–water partition coefficient (Wildman–Crippen LogP) is 9.18. The molecule has 174 valence electrons. The zero-order chi connectivity index (χ0) is 22.6. The van der Waals surface area contributed by atoms with Gasteiger partial charge in [-0.1, -0.05) is 75.7 Å². The quantitative estimate of drug-likeness (QED) is 0.202. The van der Waals surface area contributed by atoms with Gasteiger partial charge in [-0.3, -0.25) is 0 Å². The summed E-state index contributed by atoms with van der Waals surface area (Å²) in [5.74, 6) is 2.41. The first-order valence-electron chi connectivity index (χ1n) is 12.8. The van der Waals surface area contributed by atoms with Crippen LogP contribution in [-0.2, 0) is 0 Å². The third-order valence-electron chi connectivity index (χ3n) is 7.86. The number of allylic oxidation sites excluding steroid dienone is 4. The standard InChI is InChI=1S/C29H39F2N/c30-28-20-18-27(19-21-28)26-16-14-25(15-17-26)8-5-4-7-24-12-10-23(11-13-24)6-2-1-3-9-29(31)22-32/h1,3,9,18-21,23-26H,2,4-8,10-17H2/b3-1+,29-9-/t23-,24-,25-,26-. The number of benzene rings is 1. The maximum Gasteiger partial charge on any atom is 0.199 e. The fraction of sp³-hybridized carbons (Fsp3) is 0.621. The van der Waals surface area contributed by atoms with E-state index in [1.54, 1.807) is 18.2 Å². The zero-order valence-corrected chi connectivity index (χ0v) is 19.5. The van der Waals surface area contributed by atoms with E-state index in [1.165, 1.54) is 101 Å². The highest BCUT2D eigenvalue weighted by molar-refractivity contribution is 5.21. The van der Waals surface area contributed by atoms with Crippen molar-refractivity contribution in [2.24, 2.45) is 17.8 Å². The summed E-state index contributed by atoms with van der Waals surface area (Å²) in [6.45, 7) is 0. The Morgan fingerprint density at radius 1 is 0.844 bits per heavy atom. The first-order chi connectivity index (χ1) is 15.6. The fourth-order valence-corrected chi connectivity index (χ4v) is 5.81. The molecule has 0 spiro atoms. The molecule has 1 nitrogen and oxygen atoms in total. The lowest BCUT2D eigenvalue weighted by atomic mass is 9.76. The Morgan fingerprint density at radius 3 is 1.94 bits per heavy atom. The second kappa shape index (κ2) is 13.6. The average Bonchev–Trinajstić information content (AvgIpc) is 2.83. The highest BCUT2D eigenvalue weighted by Crippen LogP contribution is 2.38. The lowest BCUT2D eigenvalue weighted by molar-refractivity contribution is 0.244. The summed E-state index contributed by atoms with van der Waals surface area (Å²) in [6, 6.07) is 8.64. The number of unbranched alkanes of at least 4 members (excludes halogenated alkanes) is 1. The van der Waals surface area contributed by atoms with Crippen molar-refractivity contribution in [3.8, 4) is 6.07 Å². The summed E-state index contributed by atoms with van der Waals surface area (Å²) in [7, 11) is 0. The van der Waals surface area contributed by atoms with E-state index < -0.39 is 5.83 Å². The van der Waals surface area contributed by atoms with Gasteiger partial charge in [-0.15, -0.1) is 0 Å². The van der Waals surface area contributed by atoms with E-state index in [9.17, 15) is 8.78 Å². The molecule has 0 atom stereocenters. The molecule has 0 heterocycles. The predicted molar refractivity (Wildman–Crippen MR) is 128 cm³/mol. The highest BCUT2D eigenvalue weighted by Gasteiger charge is 2.23. The topological polar surface area (TPSA) is 23.8 Å². The van der Waals surface area contributed by atoms with Crippen LogP contribution in [0.1, 0.15) is 101 Å². The lowest BCUT2D eigenvalue weighted by Gasteiger charge is -2.30. The van der Waals surface area contributed by atoms with E-state index in [-0.39, 0.29) is 5.82 Å². The minimum absolute atomic E-state index is 0.133. The molecule has 0 saturated heterocycles. The molecule has 0 bridgehead atoms. The molecule has 2 fully saturated rings. The van der Waals surface area contributed by atoms with Gasteiger partial charge in [0.25, 0.3) is 0 Å². The van der Waals surface area contributed by atoms with E-state index in [2.05, 4.69) is 0 Å². The largest absolute Gasteiger partial charge is 0.207 e. The molecule has 2 saturated carbocycles. The second-order valence-electron chi connectivity index (χ2n) is 10.1. The zero-order valence-electron chi connectivity index (χ0n) is 19.5. The number of halogens is 2. The molecule has 3 heteroatoms. The molecule has 0 N–H and O–H groups in total. The summed E-state index contributed by atoms with van der Waals surface area (Å²) in [4.78, 5) is 0. The average molecular weight is 440 g/mol. The number of rotatable bonds is 10. The van der Waals surface area contributed by atoms with Gasteiger partial charge in [-0.2, -0.15) is 9.65 Å². The molecular formula is C29H39F2N. The molecule has 3 rings (SSSR count). The summed E-state index contributed by atoms with van der Waals surface area (Å²) in [5.41, 5.74) is 1.32. The van der Waals surface area contributed by atoms with Gasteiger partial charge in [-0.05, 0) is 86.0 Å². The van der Waals surface area contributed by atoms with E-state index in [0.29, 0.717) is 5.92 Å². The van der Waals surface area contributed by atoms with Gasteiger partial charge in [-0.25, -0.2) is 4.39 Å². The van der Waals surface area contributed by atoms with Crippen LogP contribution >= 0.6 is 0 Å². The summed E-state index contributed by atoms with van der Waals surface area (Å²) in [6.07, 6.45) is 23.2.